The molecule has 1 saturated carbocycles. The predicted molar refractivity (Wildman–Crippen MR) is 96.4 cm³/mol. The summed E-state index contributed by atoms with van der Waals surface area (Å²) in [6.07, 6.45) is 2.45. The van der Waals surface area contributed by atoms with E-state index >= 15 is 0 Å². The molecule has 1 aliphatic carbocycles. The van der Waals surface area contributed by atoms with Gasteiger partial charge in [-0.25, -0.2) is 8.42 Å². The first-order valence-corrected chi connectivity index (χ1v) is 10.5. The third-order valence-electron chi connectivity index (χ3n) is 4.93. The van der Waals surface area contributed by atoms with Crippen LogP contribution in [-0.2, 0) is 14.6 Å². The van der Waals surface area contributed by atoms with Gasteiger partial charge in [0.25, 0.3) is 5.91 Å². The highest BCUT2D eigenvalue weighted by atomic mass is 32.2. The fourth-order valence-electron chi connectivity index (χ4n) is 3.59. The van der Waals surface area contributed by atoms with E-state index in [2.05, 4.69) is 0 Å². The number of amides is 1. The van der Waals surface area contributed by atoms with Gasteiger partial charge in [-0.15, -0.1) is 0 Å². The zero-order chi connectivity index (χ0) is 17.4. The minimum Gasteiger partial charge on any atom is -0.483 e. The second-order valence-electron chi connectivity index (χ2n) is 6.86. The zero-order valence-corrected chi connectivity index (χ0v) is 14.7. The van der Waals surface area contributed by atoms with E-state index in [0.717, 1.165) is 23.6 Å². The van der Waals surface area contributed by atoms with Gasteiger partial charge in [0.05, 0.1) is 11.5 Å². The number of fused-ring (bicyclic) bond motifs is 1. The summed E-state index contributed by atoms with van der Waals surface area (Å²) in [5, 5.41) is 2.03. The molecule has 5 nitrogen and oxygen atoms in total. The van der Waals surface area contributed by atoms with Crippen molar-refractivity contribution in [2.45, 2.75) is 31.3 Å². The van der Waals surface area contributed by atoms with Crippen LogP contribution in [0.15, 0.2) is 42.5 Å². The van der Waals surface area contributed by atoms with Crippen LogP contribution >= 0.6 is 0 Å². The molecule has 1 atom stereocenters. The van der Waals surface area contributed by atoms with Crippen molar-refractivity contribution in [2.75, 3.05) is 18.1 Å². The summed E-state index contributed by atoms with van der Waals surface area (Å²) in [4.78, 5) is 14.5. The van der Waals surface area contributed by atoms with Crippen LogP contribution in [0.25, 0.3) is 10.8 Å². The number of hydrogen-bond acceptors (Lipinski definition) is 4. The SMILES string of the molecule is O=C(COc1cccc2ccccc12)N(C1CC1)[C@H]1CCS(=O)(=O)C1. The summed E-state index contributed by atoms with van der Waals surface area (Å²) in [5.74, 6) is 0.834. The van der Waals surface area contributed by atoms with Gasteiger partial charge in [-0.05, 0) is 30.7 Å². The molecule has 2 fully saturated rings. The highest BCUT2D eigenvalue weighted by molar-refractivity contribution is 7.91. The van der Waals surface area contributed by atoms with Gasteiger partial charge in [-0.2, -0.15) is 0 Å². The van der Waals surface area contributed by atoms with Crippen molar-refractivity contribution < 1.29 is 17.9 Å². The predicted octanol–water partition coefficient (Wildman–Crippen LogP) is 2.40. The maximum absolute atomic E-state index is 12.7. The quantitative estimate of drug-likeness (QED) is 0.822. The lowest BCUT2D eigenvalue weighted by molar-refractivity contribution is -0.135. The van der Waals surface area contributed by atoms with Crippen LogP contribution in [0.1, 0.15) is 19.3 Å². The van der Waals surface area contributed by atoms with E-state index in [4.69, 9.17) is 4.74 Å². The molecule has 132 valence electrons. The number of carbonyl (C=O) groups excluding carboxylic acids is 1. The largest absolute Gasteiger partial charge is 0.483 e. The zero-order valence-electron chi connectivity index (χ0n) is 13.9. The van der Waals surface area contributed by atoms with Gasteiger partial charge < -0.3 is 9.64 Å². The molecule has 1 aliphatic heterocycles. The second-order valence-corrected chi connectivity index (χ2v) is 9.08. The van der Waals surface area contributed by atoms with Crippen LogP contribution in [0.2, 0.25) is 0 Å². The van der Waals surface area contributed by atoms with Crippen molar-refractivity contribution in [1.29, 1.82) is 0 Å². The van der Waals surface area contributed by atoms with Crippen LogP contribution in [0.5, 0.6) is 5.75 Å². The first-order chi connectivity index (χ1) is 12.0. The highest BCUT2D eigenvalue weighted by Crippen LogP contribution is 2.32. The molecule has 25 heavy (non-hydrogen) atoms. The van der Waals surface area contributed by atoms with Crippen molar-refractivity contribution in [3.8, 4) is 5.75 Å². The average Bonchev–Trinajstić information content (AvgIpc) is 3.36. The Kier molecular flexibility index (Phi) is 4.15. The number of benzene rings is 2. The summed E-state index contributed by atoms with van der Waals surface area (Å²) in [6.45, 7) is -0.0545. The van der Waals surface area contributed by atoms with E-state index in [1.54, 1.807) is 4.90 Å². The minimum atomic E-state index is -3.01. The van der Waals surface area contributed by atoms with Crippen molar-refractivity contribution >= 4 is 26.5 Å². The van der Waals surface area contributed by atoms with E-state index in [1.807, 2.05) is 42.5 Å². The molecule has 0 aromatic heterocycles. The van der Waals surface area contributed by atoms with Crippen molar-refractivity contribution in [1.82, 2.24) is 4.90 Å². The molecule has 0 unspecified atom stereocenters. The Hall–Kier alpha value is -2.08. The average molecular weight is 359 g/mol. The van der Waals surface area contributed by atoms with Gasteiger partial charge in [0.2, 0.25) is 0 Å². The molecule has 0 N–H and O–H groups in total. The molecule has 6 heteroatoms. The van der Waals surface area contributed by atoms with Crippen molar-refractivity contribution in [3.05, 3.63) is 42.5 Å². The van der Waals surface area contributed by atoms with Crippen LogP contribution in [0.4, 0.5) is 0 Å². The van der Waals surface area contributed by atoms with Crippen LogP contribution in [0.3, 0.4) is 0 Å². The molecule has 2 aromatic rings. The Morgan fingerprint density at radius 1 is 1.04 bits per heavy atom. The van der Waals surface area contributed by atoms with Crippen LogP contribution in [0, 0.1) is 0 Å². The topological polar surface area (TPSA) is 63.7 Å². The molecule has 0 radical (unpaired) electrons. The highest BCUT2D eigenvalue weighted by Gasteiger charge is 2.42. The van der Waals surface area contributed by atoms with Gasteiger partial charge in [0.15, 0.2) is 16.4 Å². The molecule has 1 amide bonds. The number of ether oxygens (including phenoxy) is 1. The molecule has 2 aliphatic rings. The molecular weight excluding hydrogens is 338 g/mol. The summed E-state index contributed by atoms with van der Waals surface area (Å²) in [6, 6.07) is 13.6. The lowest BCUT2D eigenvalue weighted by Gasteiger charge is -2.28. The summed E-state index contributed by atoms with van der Waals surface area (Å²) < 4.78 is 29.3. The molecule has 1 heterocycles. The van der Waals surface area contributed by atoms with Crippen LogP contribution in [-0.4, -0.2) is 49.4 Å². The van der Waals surface area contributed by atoms with Crippen LogP contribution < -0.4 is 4.74 Å². The number of nitrogens with zero attached hydrogens (tertiary/aromatic N) is 1. The van der Waals surface area contributed by atoms with E-state index in [1.165, 1.54) is 0 Å². The fourth-order valence-corrected chi connectivity index (χ4v) is 5.30. The molecule has 0 spiro atoms. The van der Waals surface area contributed by atoms with Gasteiger partial charge in [0, 0.05) is 17.5 Å². The number of sulfone groups is 1. The van der Waals surface area contributed by atoms with E-state index in [9.17, 15) is 13.2 Å². The minimum absolute atomic E-state index is 0.0545. The molecule has 2 aromatic carbocycles. The van der Waals surface area contributed by atoms with Gasteiger partial charge in [0.1, 0.15) is 5.75 Å². The smallest absolute Gasteiger partial charge is 0.261 e. The summed E-state index contributed by atoms with van der Waals surface area (Å²) >= 11 is 0. The van der Waals surface area contributed by atoms with Gasteiger partial charge in [-0.3, -0.25) is 4.79 Å². The molecular formula is C19H21NO4S. The normalized spacial score (nSPS) is 22.0. The number of rotatable bonds is 5. The molecule has 0 bridgehead atoms. The molecule has 4 rings (SSSR count). The third kappa shape index (κ3) is 3.49. The fraction of sp³-hybridized carbons (Fsp3) is 0.421. The van der Waals surface area contributed by atoms with Gasteiger partial charge in [-0.1, -0.05) is 36.4 Å². The Morgan fingerprint density at radius 3 is 2.52 bits per heavy atom. The maximum atomic E-state index is 12.7. The second kappa shape index (κ2) is 6.33. The molecule has 1 saturated heterocycles. The van der Waals surface area contributed by atoms with E-state index < -0.39 is 9.84 Å². The monoisotopic (exact) mass is 359 g/mol. The Labute approximate surface area is 147 Å². The van der Waals surface area contributed by atoms with Crippen molar-refractivity contribution in [3.63, 3.8) is 0 Å². The van der Waals surface area contributed by atoms with Crippen molar-refractivity contribution in [2.24, 2.45) is 0 Å². The Balaban J connectivity index is 1.48. The first kappa shape index (κ1) is 16.4. The standard InChI is InChI=1S/C19H21NO4S/c21-19(20(15-8-9-15)16-10-11-25(22,23)13-16)12-24-18-7-3-5-14-4-1-2-6-17(14)18/h1-7,15-16H,8-13H2/t16-/m0/s1. The summed E-state index contributed by atoms with van der Waals surface area (Å²) in [7, 11) is -3.01. The van der Waals surface area contributed by atoms with Gasteiger partial charge >= 0.3 is 0 Å². The lowest BCUT2D eigenvalue weighted by Crippen LogP contribution is -2.45. The lowest BCUT2D eigenvalue weighted by atomic mass is 10.1. The number of carbonyl (C=O) groups is 1. The van der Waals surface area contributed by atoms with E-state index in [0.29, 0.717) is 12.2 Å². The number of hydrogen-bond donors (Lipinski definition) is 0. The third-order valence-corrected chi connectivity index (χ3v) is 6.68. The first-order valence-electron chi connectivity index (χ1n) is 8.66. The summed E-state index contributed by atoms with van der Waals surface area (Å²) in [5.41, 5.74) is 0. The Bertz CT molecular complexity index is 899. The Morgan fingerprint density at radius 2 is 1.80 bits per heavy atom. The maximum Gasteiger partial charge on any atom is 0.261 e. The van der Waals surface area contributed by atoms with E-state index in [-0.39, 0.29) is 36.1 Å².